The summed E-state index contributed by atoms with van der Waals surface area (Å²) in [5.41, 5.74) is 5.25. The Balaban J connectivity index is 3.37. The highest BCUT2D eigenvalue weighted by Gasteiger charge is 2.25. The van der Waals surface area contributed by atoms with Crippen LogP contribution >= 0.6 is 0 Å². The summed E-state index contributed by atoms with van der Waals surface area (Å²) in [6, 6.07) is 2.45. The number of nitrogens with zero attached hydrogens (tertiary/aromatic N) is 1. The van der Waals surface area contributed by atoms with E-state index in [9.17, 15) is 14.9 Å². The molecule has 0 saturated heterocycles. The zero-order chi connectivity index (χ0) is 13.7. The van der Waals surface area contributed by atoms with Crippen LogP contribution in [0.5, 0.6) is 5.75 Å². The van der Waals surface area contributed by atoms with Gasteiger partial charge >= 0.3 is 11.7 Å². The predicted octanol–water partition coefficient (Wildman–Crippen LogP) is 1.75. The van der Waals surface area contributed by atoms with Crippen LogP contribution in [0.15, 0.2) is 12.1 Å². The Morgan fingerprint density at radius 2 is 2.06 bits per heavy atom. The minimum absolute atomic E-state index is 0.0367. The van der Waals surface area contributed by atoms with Gasteiger partial charge in [-0.2, -0.15) is 0 Å². The number of nitrogen functional groups attached to an aromatic ring is 1. The Bertz CT molecular complexity index is 473. The van der Waals surface area contributed by atoms with Crippen LogP contribution in [0.25, 0.3) is 0 Å². The summed E-state index contributed by atoms with van der Waals surface area (Å²) in [5.74, 6) is -0.813. The quantitative estimate of drug-likeness (QED) is 0.371. The molecule has 0 aliphatic carbocycles. The maximum absolute atomic E-state index is 11.7. The van der Waals surface area contributed by atoms with Gasteiger partial charge in [0.05, 0.1) is 18.1 Å². The summed E-state index contributed by atoms with van der Waals surface area (Å²) in [6.07, 6.45) is 0. The Labute approximate surface area is 104 Å². The number of nitro benzene ring substituents is 1. The van der Waals surface area contributed by atoms with Crippen LogP contribution in [-0.4, -0.2) is 24.1 Å². The second-order valence-corrected chi connectivity index (χ2v) is 3.33. The van der Waals surface area contributed by atoms with Gasteiger partial charge in [-0.1, -0.05) is 0 Å². The first-order valence-electron chi connectivity index (χ1n) is 5.39. The number of benzene rings is 1. The van der Waals surface area contributed by atoms with E-state index in [1.165, 1.54) is 6.07 Å². The van der Waals surface area contributed by atoms with Crippen molar-refractivity contribution in [3.05, 3.63) is 27.8 Å². The van der Waals surface area contributed by atoms with Crippen molar-refractivity contribution in [1.82, 2.24) is 0 Å². The fourth-order valence-corrected chi connectivity index (χ4v) is 1.43. The molecular weight excluding hydrogens is 240 g/mol. The molecule has 0 spiro atoms. The lowest BCUT2D eigenvalue weighted by atomic mass is 10.1. The van der Waals surface area contributed by atoms with Crippen LogP contribution in [0.1, 0.15) is 24.2 Å². The summed E-state index contributed by atoms with van der Waals surface area (Å²) >= 11 is 0. The highest BCUT2D eigenvalue weighted by atomic mass is 16.6. The van der Waals surface area contributed by atoms with Crippen molar-refractivity contribution < 1.29 is 19.2 Å². The Hall–Kier alpha value is -2.31. The van der Waals surface area contributed by atoms with Crippen LogP contribution in [0.4, 0.5) is 11.4 Å². The molecule has 1 rings (SSSR count). The molecule has 1 aromatic rings. The SMILES string of the molecule is CCOC(=O)c1cc(N)cc([N+](=O)[O-])c1OCC. The van der Waals surface area contributed by atoms with Crippen molar-refractivity contribution >= 4 is 17.3 Å². The molecular formula is C11H14N2O5. The van der Waals surface area contributed by atoms with Gasteiger partial charge in [0.1, 0.15) is 5.56 Å². The zero-order valence-corrected chi connectivity index (χ0v) is 10.1. The highest BCUT2D eigenvalue weighted by Crippen LogP contribution is 2.34. The third-order valence-electron chi connectivity index (χ3n) is 2.07. The van der Waals surface area contributed by atoms with E-state index < -0.39 is 10.9 Å². The topological polar surface area (TPSA) is 105 Å². The normalized spacial score (nSPS) is 9.89. The molecule has 0 bridgehead atoms. The molecule has 0 unspecified atom stereocenters. The first kappa shape index (κ1) is 13.8. The average molecular weight is 254 g/mol. The van der Waals surface area contributed by atoms with Crippen molar-refractivity contribution in [2.75, 3.05) is 18.9 Å². The number of carbonyl (C=O) groups is 1. The average Bonchev–Trinajstić information content (AvgIpc) is 2.31. The molecule has 0 aliphatic rings. The van der Waals surface area contributed by atoms with Gasteiger partial charge in [0, 0.05) is 11.8 Å². The summed E-state index contributed by atoms with van der Waals surface area (Å²) in [6.45, 7) is 3.65. The fourth-order valence-electron chi connectivity index (χ4n) is 1.43. The van der Waals surface area contributed by atoms with E-state index in [0.717, 1.165) is 6.07 Å². The van der Waals surface area contributed by atoms with Crippen LogP contribution in [0.2, 0.25) is 0 Å². The second kappa shape index (κ2) is 5.85. The number of hydrogen-bond acceptors (Lipinski definition) is 6. The van der Waals surface area contributed by atoms with Crippen LogP contribution in [0, 0.1) is 10.1 Å². The molecule has 18 heavy (non-hydrogen) atoms. The fraction of sp³-hybridized carbons (Fsp3) is 0.364. The van der Waals surface area contributed by atoms with Gasteiger partial charge in [-0.05, 0) is 19.9 Å². The van der Waals surface area contributed by atoms with Gasteiger partial charge in [0.25, 0.3) is 0 Å². The molecule has 0 fully saturated rings. The maximum atomic E-state index is 11.7. The molecule has 0 amide bonds. The third-order valence-corrected chi connectivity index (χ3v) is 2.07. The lowest BCUT2D eigenvalue weighted by Gasteiger charge is -2.10. The zero-order valence-electron chi connectivity index (χ0n) is 10.1. The first-order chi connectivity index (χ1) is 8.51. The van der Waals surface area contributed by atoms with Crippen molar-refractivity contribution in [2.24, 2.45) is 0 Å². The minimum atomic E-state index is -0.698. The van der Waals surface area contributed by atoms with E-state index in [1.54, 1.807) is 13.8 Å². The van der Waals surface area contributed by atoms with Crippen molar-refractivity contribution in [2.45, 2.75) is 13.8 Å². The number of nitrogens with two attached hydrogens (primary N) is 1. The van der Waals surface area contributed by atoms with Crippen molar-refractivity contribution in [3.8, 4) is 5.75 Å². The molecule has 0 aromatic heterocycles. The Morgan fingerprint density at radius 3 is 2.56 bits per heavy atom. The molecule has 0 saturated carbocycles. The number of nitro groups is 1. The van der Waals surface area contributed by atoms with Gasteiger partial charge < -0.3 is 15.2 Å². The van der Waals surface area contributed by atoms with Crippen LogP contribution < -0.4 is 10.5 Å². The largest absolute Gasteiger partial charge is 0.487 e. The molecule has 7 heteroatoms. The number of ether oxygens (including phenoxy) is 2. The monoisotopic (exact) mass is 254 g/mol. The number of carbonyl (C=O) groups excluding carboxylic acids is 1. The van der Waals surface area contributed by atoms with Gasteiger partial charge in [-0.3, -0.25) is 10.1 Å². The Morgan fingerprint density at radius 1 is 1.39 bits per heavy atom. The van der Waals surface area contributed by atoms with Gasteiger partial charge in [-0.25, -0.2) is 4.79 Å². The number of hydrogen-bond donors (Lipinski definition) is 1. The van der Waals surface area contributed by atoms with E-state index in [0.29, 0.717) is 0 Å². The summed E-state index contributed by atoms with van der Waals surface area (Å²) in [7, 11) is 0. The smallest absolute Gasteiger partial charge is 0.342 e. The van der Waals surface area contributed by atoms with Crippen LogP contribution in [0.3, 0.4) is 0 Å². The maximum Gasteiger partial charge on any atom is 0.342 e. The van der Waals surface area contributed by atoms with Gasteiger partial charge in [-0.15, -0.1) is 0 Å². The summed E-state index contributed by atoms with van der Waals surface area (Å²) in [4.78, 5) is 21.9. The minimum Gasteiger partial charge on any atom is -0.487 e. The first-order valence-corrected chi connectivity index (χ1v) is 5.39. The number of esters is 1. The summed E-state index contributed by atoms with van der Waals surface area (Å²) < 4.78 is 9.96. The molecule has 0 heterocycles. The summed E-state index contributed by atoms with van der Waals surface area (Å²) in [5, 5.41) is 10.9. The lowest BCUT2D eigenvalue weighted by molar-refractivity contribution is -0.385. The van der Waals surface area contributed by atoms with E-state index in [-0.39, 0.29) is 35.9 Å². The third kappa shape index (κ3) is 2.88. The standard InChI is InChI=1S/C11H14N2O5/c1-3-17-10-8(11(14)18-4-2)5-7(12)6-9(10)13(15)16/h5-6H,3-4,12H2,1-2H3. The number of anilines is 1. The molecule has 0 atom stereocenters. The van der Waals surface area contributed by atoms with Gasteiger partial charge in [0.2, 0.25) is 5.75 Å². The van der Waals surface area contributed by atoms with E-state index in [2.05, 4.69) is 0 Å². The van der Waals surface area contributed by atoms with E-state index >= 15 is 0 Å². The van der Waals surface area contributed by atoms with Crippen molar-refractivity contribution in [1.29, 1.82) is 0 Å². The lowest BCUT2D eigenvalue weighted by Crippen LogP contribution is -2.10. The Kier molecular flexibility index (Phi) is 4.47. The predicted molar refractivity (Wildman–Crippen MR) is 64.6 cm³/mol. The van der Waals surface area contributed by atoms with E-state index in [1.807, 2.05) is 0 Å². The number of rotatable bonds is 5. The van der Waals surface area contributed by atoms with Gasteiger partial charge in [0.15, 0.2) is 0 Å². The molecule has 0 radical (unpaired) electrons. The van der Waals surface area contributed by atoms with E-state index in [4.69, 9.17) is 15.2 Å². The molecule has 1 aromatic carbocycles. The van der Waals surface area contributed by atoms with Crippen LogP contribution in [-0.2, 0) is 4.74 Å². The van der Waals surface area contributed by atoms with Crippen molar-refractivity contribution in [3.63, 3.8) is 0 Å². The highest BCUT2D eigenvalue weighted by molar-refractivity contribution is 5.95. The molecule has 98 valence electrons. The molecule has 7 nitrogen and oxygen atoms in total. The second-order valence-electron chi connectivity index (χ2n) is 3.33. The molecule has 0 aliphatic heterocycles. The molecule has 2 N–H and O–H groups in total.